The number of rotatable bonds is 5. The number of nitrogens with one attached hydrogen (secondary N) is 1. The van der Waals surface area contributed by atoms with Gasteiger partial charge < -0.3 is 10.1 Å². The van der Waals surface area contributed by atoms with Crippen molar-refractivity contribution in [2.24, 2.45) is 11.8 Å². The van der Waals surface area contributed by atoms with Gasteiger partial charge in [-0.05, 0) is 43.9 Å². The molecule has 2 saturated carbocycles. The van der Waals surface area contributed by atoms with Crippen LogP contribution in [0.3, 0.4) is 0 Å². The lowest BCUT2D eigenvalue weighted by Gasteiger charge is -2.32. The number of hydrogen-bond acceptors (Lipinski definition) is 2. The van der Waals surface area contributed by atoms with Gasteiger partial charge in [0.15, 0.2) is 0 Å². The Kier molecular flexibility index (Phi) is 4.04. The molecule has 3 atom stereocenters. The summed E-state index contributed by atoms with van der Waals surface area (Å²) in [6.07, 6.45) is 7.18. The summed E-state index contributed by atoms with van der Waals surface area (Å²) < 4.78 is 5.92. The second kappa shape index (κ2) is 5.31. The summed E-state index contributed by atoms with van der Waals surface area (Å²) in [4.78, 5) is 0. The highest BCUT2D eigenvalue weighted by Crippen LogP contribution is 2.30. The molecule has 0 aromatic carbocycles. The molecular formula is C13H25NO. The van der Waals surface area contributed by atoms with Crippen molar-refractivity contribution in [3.8, 4) is 0 Å². The van der Waals surface area contributed by atoms with E-state index in [1.54, 1.807) is 0 Å². The van der Waals surface area contributed by atoms with E-state index in [1.807, 2.05) is 0 Å². The van der Waals surface area contributed by atoms with E-state index in [2.05, 4.69) is 19.2 Å². The van der Waals surface area contributed by atoms with Gasteiger partial charge in [-0.25, -0.2) is 0 Å². The largest absolute Gasteiger partial charge is 0.377 e. The molecule has 0 spiro atoms. The molecule has 15 heavy (non-hydrogen) atoms. The normalized spacial score (nSPS) is 36.8. The van der Waals surface area contributed by atoms with Gasteiger partial charge in [-0.3, -0.25) is 0 Å². The summed E-state index contributed by atoms with van der Waals surface area (Å²) >= 11 is 0. The van der Waals surface area contributed by atoms with Crippen molar-refractivity contribution in [3.63, 3.8) is 0 Å². The first kappa shape index (κ1) is 11.4. The molecule has 0 saturated heterocycles. The third-order valence-electron chi connectivity index (χ3n) is 4.02. The van der Waals surface area contributed by atoms with Gasteiger partial charge >= 0.3 is 0 Å². The SMILES string of the molecule is CC1CCC(OCCNC2CC2)CC1C. The molecule has 88 valence electrons. The lowest BCUT2D eigenvalue weighted by atomic mass is 9.80. The second-order valence-electron chi connectivity index (χ2n) is 5.49. The molecule has 2 heteroatoms. The van der Waals surface area contributed by atoms with E-state index in [-0.39, 0.29) is 0 Å². The average Bonchev–Trinajstić information content (AvgIpc) is 3.02. The summed E-state index contributed by atoms with van der Waals surface area (Å²) in [7, 11) is 0. The molecule has 2 fully saturated rings. The molecule has 3 unspecified atom stereocenters. The Morgan fingerprint density at radius 3 is 2.53 bits per heavy atom. The van der Waals surface area contributed by atoms with Gasteiger partial charge in [0.05, 0.1) is 12.7 Å². The summed E-state index contributed by atoms with van der Waals surface area (Å²) in [5, 5.41) is 3.49. The van der Waals surface area contributed by atoms with Gasteiger partial charge in [0, 0.05) is 12.6 Å². The lowest BCUT2D eigenvalue weighted by Crippen LogP contribution is -2.30. The number of ether oxygens (including phenoxy) is 1. The molecule has 2 rings (SSSR count). The van der Waals surface area contributed by atoms with E-state index >= 15 is 0 Å². The molecule has 1 N–H and O–H groups in total. The maximum atomic E-state index is 5.92. The fourth-order valence-electron chi connectivity index (χ4n) is 2.43. The molecule has 0 aliphatic heterocycles. The fourth-order valence-corrected chi connectivity index (χ4v) is 2.43. The Hall–Kier alpha value is -0.0800. The van der Waals surface area contributed by atoms with Crippen LogP contribution in [0.4, 0.5) is 0 Å². The molecule has 2 aliphatic carbocycles. The second-order valence-corrected chi connectivity index (χ2v) is 5.49. The van der Waals surface area contributed by atoms with Crippen molar-refractivity contribution in [3.05, 3.63) is 0 Å². The van der Waals surface area contributed by atoms with Gasteiger partial charge in [-0.15, -0.1) is 0 Å². The maximum absolute atomic E-state index is 5.92. The zero-order chi connectivity index (χ0) is 10.7. The van der Waals surface area contributed by atoms with Crippen LogP contribution in [0.15, 0.2) is 0 Å². The van der Waals surface area contributed by atoms with Crippen LogP contribution < -0.4 is 5.32 Å². The Morgan fingerprint density at radius 2 is 1.87 bits per heavy atom. The van der Waals surface area contributed by atoms with Crippen LogP contribution in [0.1, 0.15) is 46.0 Å². The van der Waals surface area contributed by atoms with Gasteiger partial charge in [0.25, 0.3) is 0 Å². The fraction of sp³-hybridized carbons (Fsp3) is 1.00. The standard InChI is InChI=1S/C13H25NO/c1-10-3-6-13(9-11(10)2)15-8-7-14-12-4-5-12/h10-14H,3-9H2,1-2H3. The summed E-state index contributed by atoms with van der Waals surface area (Å²) in [6.45, 7) is 6.69. The molecule has 0 aromatic rings. The molecule has 0 amide bonds. The third kappa shape index (κ3) is 3.76. The highest BCUT2D eigenvalue weighted by atomic mass is 16.5. The third-order valence-corrected chi connectivity index (χ3v) is 4.02. The molecule has 0 radical (unpaired) electrons. The molecule has 0 bridgehead atoms. The van der Waals surface area contributed by atoms with E-state index in [0.29, 0.717) is 6.10 Å². The van der Waals surface area contributed by atoms with Crippen LogP contribution >= 0.6 is 0 Å². The first-order valence-corrected chi connectivity index (χ1v) is 6.60. The minimum absolute atomic E-state index is 0.539. The monoisotopic (exact) mass is 211 g/mol. The van der Waals surface area contributed by atoms with Crippen molar-refractivity contribution >= 4 is 0 Å². The first-order valence-electron chi connectivity index (χ1n) is 6.60. The minimum atomic E-state index is 0.539. The van der Waals surface area contributed by atoms with Crippen LogP contribution in [-0.4, -0.2) is 25.3 Å². The van der Waals surface area contributed by atoms with Crippen molar-refractivity contribution in [1.29, 1.82) is 0 Å². The van der Waals surface area contributed by atoms with Gasteiger partial charge in [0.1, 0.15) is 0 Å². The lowest BCUT2D eigenvalue weighted by molar-refractivity contribution is 0.00422. The molecule has 2 aliphatic rings. The van der Waals surface area contributed by atoms with Crippen molar-refractivity contribution in [1.82, 2.24) is 5.32 Å². The van der Waals surface area contributed by atoms with Crippen molar-refractivity contribution in [2.45, 2.75) is 58.1 Å². The van der Waals surface area contributed by atoms with Gasteiger partial charge in [-0.2, -0.15) is 0 Å². The van der Waals surface area contributed by atoms with E-state index in [9.17, 15) is 0 Å². The zero-order valence-corrected chi connectivity index (χ0v) is 10.2. The van der Waals surface area contributed by atoms with Crippen LogP contribution in [0, 0.1) is 11.8 Å². The Morgan fingerprint density at radius 1 is 1.07 bits per heavy atom. The average molecular weight is 211 g/mol. The van der Waals surface area contributed by atoms with E-state index in [4.69, 9.17) is 4.74 Å². The topological polar surface area (TPSA) is 21.3 Å². The summed E-state index contributed by atoms with van der Waals surface area (Å²) in [6, 6.07) is 0.818. The molecule has 2 nitrogen and oxygen atoms in total. The minimum Gasteiger partial charge on any atom is -0.377 e. The van der Waals surface area contributed by atoms with E-state index in [1.165, 1.54) is 32.1 Å². The molecule has 0 aromatic heterocycles. The summed E-state index contributed by atoms with van der Waals surface area (Å²) in [5.74, 6) is 1.74. The van der Waals surface area contributed by atoms with E-state index in [0.717, 1.165) is 31.0 Å². The Balaban J connectivity index is 1.54. The van der Waals surface area contributed by atoms with Crippen LogP contribution in [0.5, 0.6) is 0 Å². The van der Waals surface area contributed by atoms with Crippen LogP contribution in [0.25, 0.3) is 0 Å². The quantitative estimate of drug-likeness (QED) is 0.706. The maximum Gasteiger partial charge on any atom is 0.0594 e. The molecule has 0 heterocycles. The highest BCUT2D eigenvalue weighted by Gasteiger charge is 2.25. The van der Waals surface area contributed by atoms with Crippen LogP contribution in [-0.2, 0) is 4.74 Å². The Labute approximate surface area is 93.8 Å². The first-order chi connectivity index (χ1) is 7.25. The Bertz CT molecular complexity index is 191. The predicted octanol–water partition coefficient (Wildman–Crippen LogP) is 2.58. The highest BCUT2D eigenvalue weighted by molar-refractivity contribution is 4.80. The van der Waals surface area contributed by atoms with Gasteiger partial charge in [0.2, 0.25) is 0 Å². The van der Waals surface area contributed by atoms with Gasteiger partial charge in [-0.1, -0.05) is 13.8 Å². The predicted molar refractivity (Wildman–Crippen MR) is 62.9 cm³/mol. The van der Waals surface area contributed by atoms with Crippen molar-refractivity contribution in [2.75, 3.05) is 13.2 Å². The number of hydrogen-bond donors (Lipinski definition) is 1. The van der Waals surface area contributed by atoms with Crippen LogP contribution in [0.2, 0.25) is 0 Å². The van der Waals surface area contributed by atoms with E-state index < -0.39 is 0 Å². The summed E-state index contributed by atoms with van der Waals surface area (Å²) in [5.41, 5.74) is 0. The smallest absolute Gasteiger partial charge is 0.0594 e. The molecular weight excluding hydrogens is 186 g/mol. The van der Waals surface area contributed by atoms with Crippen molar-refractivity contribution < 1.29 is 4.74 Å². The zero-order valence-electron chi connectivity index (χ0n) is 10.2.